The molecule has 0 spiro atoms. The Hall–Kier alpha value is -1.58. The van der Waals surface area contributed by atoms with Crippen molar-refractivity contribution in [2.75, 3.05) is 0 Å². The molecule has 1 aromatic rings. The number of carbonyl (C=O) groups is 1. The predicted octanol–water partition coefficient (Wildman–Crippen LogP) is 1.33. The van der Waals surface area contributed by atoms with Crippen molar-refractivity contribution in [2.24, 2.45) is 0 Å². The van der Waals surface area contributed by atoms with Crippen molar-refractivity contribution in [1.29, 1.82) is 0 Å². The first-order chi connectivity index (χ1) is 6.40. The quantitative estimate of drug-likeness (QED) is 0.688. The van der Waals surface area contributed by atoms with Crippen LogP contribution in [0.25, 0.3) is 0 Å². The highest BCUT2D eigenvalue weighted by Crippen LogP contribution is 2.09. The molecule has 0 saturated heterocycles. The summed E-state index contributed by atoms with van der Waals surface area (Å²) in [5.74, 6) is -0.598. The van der Waals surface area contributed by atoms with Gasteiger partial charge >= 0.3 is 5.97 Å². The number of nitrogens with one attached hydrogen (secondary N) is 1. The highest BCUT2D eigenvalue weighted by molar-refractivity contribution is 5.89. The first-order valence-corrected chi connectivity index (χ1v) is 4.31. The number of esters is 1. The molecule has 1 N–H and O–H groups in total. The van der Waals surface area contributed by atoms with Crippen molar-refractivity contribution < 1.29 is 9.53 Å². The number of pyridine rings is 1. The molecule has 1 aromatic heterocycles. The van der Waals surface area contributed by atoms with Gasteiger partial charge in [0.15, 0.2) is 0 Å². The van der Waals surface area contributed by atoms with Crippen molar-refractivity contribution in [1.82, 2.24) is 4.98 Å². The number of H-pyrrole nitrogens is 1. The minimum absolute atomic E-state index is 0.0300. The lowest BCUT2D eigenvalue weighted by Gasteiger charge is -2.18. The second-order valence-electron chi connectivity index (χ2n) is 3.91. The van der Waals surface area contributed by atoms with Crippen LogP contribution in [0.2, 0.25) is 0 Å². The maximum absolute atomic E-state index is 11.4. The van der Waals surface area contributed by atoms with Crippen LogP contribution in [-0.2, 0) is 4.74 Å². The van der Waals surface area contributed by atoms with Gasteiger partial charge < -0.3 is 9.72 Å². The van der Waals surface area contributed by atoms with E-state index >= 15 is 0 Å². The van der Waals surface area contributed by atoms with Gasteiger partial charge in [-0.3, -0.25) is 4.79 Å². The predicted molar refractivity (Wildman–Crippen MR) is 52.2 cm³/mol. The Labute approximate surface area is 81.9 Å². The molecule has 0 bridgehead atoms. The standard InChI is InChI=1S/C10H13NO3/c1-10(2,3)14-9(13)7-5-4-6-11-8(7)12/h4-6H,1-3H3,(H,11,12). The molecule has 0 atom stereocenters. The lowest BCUT2D eigenvalue weighted by molar-refractivity contribution is 0.00675. The SMILES string of the molecule is CC(C)(C)OC(=O)c1ccc[nH]c1=O. The first kappa shape index (κ1) is 10.5. The maximum atomic E-state index is 11.4. The fourth-order valence-corrected chi connectivity index (χ4v) is 0.915. The van der Waals surface area contributed by atoms with E-state index in [0.717, 1.165) is 0 Å². The zero-order chi connectivity index (χ0) is 10.8. The first-order valence-electron chi connectivity index (χ1n) is 4.31. The van der Waals surface area contributed by atoms with Crippen LogP contribution in [0.5, 0.6) is 0 Å². The van der Waals surface area contributed by atoms with E-state index in [4.69, 9.17) is 4.74 Å². The zero-order valence-electron chi connectivity index (χ0n) is 8.46. The molecule has 14 heavy (non-hydrogen) atoms. The smallest absolute Gasteiger partial charge is 0.344 e. The highest BCUT2D eigenvalue weighted by Gasteiger charge is 2.19. The van der Waals surface area contributed by atoms with E-state index in [-0.39, 0.29) is 5.56 Å². The summed E-state index contributed by atoms with van der Waals surface area (Å²) in [5, 5.41) is 0. The number of rotatable bonds is 1. The molecule has 0 aliphatic carbocycles. The lowest BCUT2D eigenvalue weighted by atomic mass is 10.2. The average Bonchev–Trinajstić information content (AvgIpc) is 2.01. The molecule has 4 nitrogen and oxygen atoms in total. The van der Waals surface area contributed by atoms with E-state index in [9.17, 15) is 9.59 Å². The molecule has 0 radical (unpaired) electrons. The number of hydrogen-bond acceptors (Lipinski definition) is 3. The second kappa shape index (κ2) is 3.65. The van der Waals surface area contributed by atoms with E-state index in [2.05, 4.69) is 4.98 Å². The molecule has 0 fully saturated rings. The fourth-order valence-electron chi connectivity index (χ4n) is 0.915. The Morgan fingerprint density at radius 3 is 2.57 bits per heavy atom. The Balaban J connectivity index is 2.92. The van der Waals surface area contributed by atoms with Gasteiger partial charge in [0.05, 0.1) is 0 Å². The Morgan fingerprint density at radius 2 is 2.07 bits per heavy atom. The Bertz CT molecular complexity index is 387. The van der Waals surface area contributed by atoms with Gasteiger partial charge in [-0.2, -0.15) is 0 Å². The van der Waals surface area contributed by atoms with Crippen molar-refractivity contribution in [2.45, 2.75) is 26.4 Å². The van der Waals surface area contributed by atoms with Crippen LogP contribution in [0.1, 0.15) is 31.1 Å². The molecular formula is C10H13NO3. The summed E-state index contributed by atoms with van der Waals surface area (Å²) in [5.41, 5.74) is -0.983. The van der Waals surface area contributed by atoms with Crippen LogP contribution in [-0.4, -0.2) is 16.6 Å². The maximum Gasteiger partial charge on any atom is 0.344 e. The fraction of sp³-hybridized carbons (Fsp3) is 0.400. The van der Waals surface area contributed by atoms with Crippen molar-refractivity contribution in [3.05, 3.63) is 34.2 Å². The van der Waals surface area contributed by atoms with Gasteiger partial charge in [-0.25, -0.2) is 4.79 Å². The van der Waals surface area contributed by atoms with Crippen molar-refractivity contribution in [3.8, 4) is 0 Å². The largest absolute Gasteiger partial charge is 0.456 e. The van der Waals surface area contributed by atoms with E-state index in [0.29, 0.717) is 0 Å². The zero-order valence-corrected chi connectivity index (χ0v) is 8.46. The summed E-state index contributed by atoms with van der Waals surface area (Å²) in [6, 6.07) is 3.02. The highest BCUT2D eigenvalue weighted by atomic mass is 16.6. The lowest BCUT2D eigenvalue weighted by Crippen LogP contribution is -2.27. The van der Waals surface area contributed by atoms with E-state index < -0.39 is 17.1 Å². The van der Waals surface area contributed by atoms with Crippen LogP contribution in [0, 0.1) is 0 Å². The van der Waals surface area contributed by atoms with E-state index in [1.54, 1.807) is 26.8 Å². The van der Waals surface area contributed by atoms with Gasteiger partial charge in [0.2, 0.25) is 0 Å². The monoisotopic (exact) mass is 195 g/mol. The summed E-state index contributed by atoms with van der Waals surface area (Å²) >= 11 is 0. The van der Waals surface area contributed by atoms with Crippen LogP contribution >= 0.6 is 0 Å². The summed E-state index contributed by atoms with van der Waals surface area (Å²) in [6.07, 6.45) is 1.47. The average molecular weight is 195 g/mol. The molecule has 0 aliphatic rings. The summed E-state index contributed by atoms with van der Waals surface area (Å²) in [4.78, 5) is 25.0. The summed E-state index contributed by atoms with van der Waals surface area (Å²) in [6.45, 7) is 5.26. The minimum atomic E-state index is -0.598. The molecule has 1 rings (SSSR count). The third-order valence-corrected chi connectivity index (χ3v) is 1.44. The van der Waals surface area contributed by atoms with Crippen LogP contribution in [0.3, 0.4) is 0 Å². The molecule has 4 heteroatoms. The van der Waals surface area contributed by atoms with E-state index in [1.165, 1.54) is 12.3 Å². The second-order valence-corrected chi connectivity index (χ2v) is 3.91. The van der Waals surface area contributed by atoms with Crippen LogP contribution in [0.4, 0.5) is 0 Å². The van der Waals surface area contributed by atoms with Gasteiger partial charge in [0, 0.05) is 6.20 Å². The minimum Gasteiger partial charge on any atom is -0.456 e. The summed E-state index contributed by atoms with van der Waals surface area (Å²) < 4.78 is 5.05. The number of hydrogen-bond donors (Lipinski definition) is 1. The van der Waals surface area contributed by atoms with Crippen LogP contribution in [0.15, 0.2) is 23.1 Å². The topological polar surface area (TPSA) is 59.2 Å². The Kier molecular flexibility index (Phi) is 2.74. The molecule has 1 heterocycles. The molecule has 76 valence electrons. The van der Waals surface area contributed by atoms with Crippen molar-refractivity contribution in [3.63, 3.8) is 0 Å². The van der Waals surface area contributed by atoms with Gasteiger partial charge in [-0.05, 0) is 32.9 Å². The van der Waals surface area contributed by atoms with E-state index in [1.807, 2.05) is 0 Å². The van der Waals surface area contributed by atoms with Gasteiger partial charge in [0.25, 0.3) is 5.56 Å². The summed E-state index contributed by atoms with van der Waals surface area (Å²) in [7, 11) is 0. The number of carbonyl (C=O) groups excluding carboxylic acids is 1. The van der Waals surface area contributed by atoms with Gasteiger partial charge in [-0.1, -0.05) is 0 Å². The van der Waals surface area contributed by atoms with Gasteiger partial charge in [-0.15, -0.1) is 0 Å². The molecule has 0 amide bonds. The number of aromatic amines is 1. The molecule has 0 saturated carbocycles. The third kappa shape index (κ3) is 2.73. The Morgan fingerprint density at radius 1 is 1.43 bits per heavy atom. The number of aromatic nitrogens is 1. The third-order valence-electron chi connectivity index (χ3n) is 1.44. The number of ether oxygens (including phenoxy) is 1. The van der Waals surface area contributed by atoms with Gasteiger partial charge in [0.1, 0.15) is 11.2 Å². The molecule has 0 aromatic carbocycles. The van der Waals surface area contributed by atoms with Crippen LogP contribution < -0.4 is 5.56 Å². The molecule has 0 aliphatic heterocycles. The molecular weight excluding hydrogens is 182 g/mol. The normalized spacial score (nSPS) is 11.1. The van der Waals surface area contributed by atoms with Crippen molar-refractivity contribution >= 4 is 5.97 Å². The molecule has 0 unspecified atom stereocenters.